The quantitative estimate of drug-likeness (QED) is 0.0146. The van der Waals surface area contributed by atoms with Crippen molar-refractivity contribution >= 4 is 33.6 Å². The Morgan fingerprint density at radius 3 is 0.771 bits per heavy atom. The maximum atomic E-state index is 13.0. The number of ether oxygens (including phenoxy) is 3. The summed E-state index contributed by atoms with van der Waals surface area (Å²) >= 11 is 0. The van der Waals surface area contributed by atoms with E-state index < -0.39 is 91.5 Å². The van der Waals surface area contributed by atoms with Crippen molar-refractivity contribution in [3.8, 4) is 0 Å². The second-order valence-corrected chi connectivity index (χ2v) is 31.5. The molecule has 0 heterocycles. The highest BCUT2D eigenvalue weighted by Gasteiger charge is 2.29. The maximum Gasteiger partial charge on any atom is 0.472 e. The first-order valence-electron chi connectivity index (χ1n) is 43.1. The van der Waals surface area contributed by atoms with Gasteiger partial charge in [0.1, 0.15) is 25.4 Å². The lowest BCUT2D eigenvalue weighted by atomic mass is 10.0. The predicted octanol–water partition coefficient (Wildman–Crippen LogP) is 26.0. The molecule has 18 heteroatoms. The van der Waals surface area contributed by atoms with E-state index in [-0.39, 0.29) is 19.3 Å². The van der Waals surface area contributed by atoms with E-state index in [1.807, 2.05) is 0 Å². The van der Waals surface area contributed by atoms with Crippen LogP contribution in [0.1, 0.15) is 355 Å². The third-order valence-corrected chi connectivity index (χ3v) is 20.0. The highest BCUT2D eigenvalue weighted by atomic mass is 31.2. The fourth-order valence-electron chi connectivity index (χ4n) is 11.6. The standard InChI is InChI=1S/C91H156O16P2/c1-4-7-10-13-16-19-22-25-27-29-31-33-35-37-39-41-42-44-46-47-49-51-53-55-57-60-62-65-68-71-74-77-89(94)101-80-86(92)81-103-108(97,98)104-82-87(93)83-105-109(99,100)106-85-88(107-91(96)79-76-73-70-67-64-59-24-21-18-15-12-9-6-3)84-102-90(95)78-75-72-69-66-63-61-58-56-54-52-50-48-45-43-40-38-36-34-32-30-28-26-23-20-17-14-11-8-5-2/h7-8,10-11,16-17,19-20,25-28,31-34,37-40,42,44-45,48,86-88,92-93H,4-6,9,12-15,18,21-24,29-30,35-36,41,43,46-47,49-85H2,1-3H3,(H,97,98)(H,99,100)/b10-7-,11-8-,19-16-,20-17-,27-25-,28-26-,33-31-,34-32-,39-37-,40-38-,44-42-,48-45-. The largest absolute Gasteiger partial charge is 0.472 e. The van der Waals surface area contributed by atoms with Crippen molar-refractivity contribution in [2.75, 3.05) is 39.6 Å². The van der Waals surface area contributed by atoms with Crippen LogP contribution in [0.2, 0.25) is 0 Å². The lowest BCUT2D eigenvalue weighted by Gasteiger charge is -2.21. The van der Waals surface area contributed by atoms with Crippen LogP contribution in [-0.2, 0) is 55.8 Å². The van der Waals surface area contributed by atoms with E-state index >= 15 is 0 Å². The van der Waals surface area contributed by atoms with Crippen molar-refractivity contribution in [2.45, 2.75) is 373 Å². The number of hydrogen-bond donors (Lipinski definition) is 4. The molecule has 5 atom stereocenters. The summed E-state index contributed by atoms with van der Waals surface area (Å²) in [6.45, 7) is 2.48. The highest BCUT2D eigenvalue weighted by molar-refractivity contribution is 7.47. The van der Waals surface area contributed by atoms with E-state index in [2.05, 4.69) is 167 Å². The SMILES string of the molecule is CC/C=C\C/C=C\C/C=C\C/C=C\C/C=C\C/C=C\CCCCCCCCCCCCCCC(=O)OCC(O)COP(=O)(O)OCC(O)COP(=O)(O)OCC(COC(=O)CCCCCCCCCCCC/C=C\C/C=C\C/C=C\C/C=C\C/C=C\C/C=C\CC)OC(=O)CCCCCCCCCCCCCCC. The van der Waals surface area contributed by atoms with Gasteiger partial charge in [0, 0.05) is 19.3 Å². The Hall–Kier alpha value is -4.57. The number of rotatable bonds is 81. The minimum absolute atomic E-state index is 0.105. The molecule has 0 radical (unpaired) electrons. The normalized spacial score (nSPS) is 14.6. The van der Waals surface area contributed by atoms with Gasteiger partial charge >= 0.3 is 33.6 Å². The van der Waals surface area contributed by atoms with E-state index in [1.54, 1.807) is 0 Å². The summed E-state index contributed by atoms with van der Waals surface area (Å²) in [6, 6.07) is 0. The van der Waals surface area contributed by atoms with Gasteiger partial charge in [-0.3, -0.25) is 32.5 Å². The summed E-state index contributed by atoms with van der Waals surface area (Å²) in [6.07, 6.45) is 103. The number of hydrogen-bond acceptors (Lipinski definition) is 14. The van der Waals surface area contributed by atoms with Gasteiger partial charge in [-0.05, 0) is 122 Å². The molecule has 0 rings (SSSR count). The molecule has 0 aliphatic rings. The Bertz CT molecular complexity index is 2560. The number of phosphoric ester groups is 2. The van der Waals surface area contributed by atoms with Crippen molar-refractivity contribution in [2.24, 2.45) is 0 Å². The fraction of sp³-hybridized carbons (Fsp3) is 0.703. The van der Waals surface area contributed by atoms with Gasteiger partial charge in [0.05, 0.1) is 26.4 Å². The number of unbranched alkanes of at least 4 members (excludes halogenated alkanes) is 34. The average Bonchev–Trinajstić information content (AvgIpc) is 0.916. The van der Waals surface area contributed by atoms with Crippen LogP contribution in [0.25, 0.3) is 0 Å². The zero-order valence-electron chi connectivity index (χ0n) is 68.7. The molecular formula is C91H156O16P2. The summed E-state index contributed by atoms with van der Waals surface area (Å²) in [7, 11) is -9.79. The summed E-state index contributed by atoms with van der Waals surface area (Å²) in [5.74, 6) is -1.57. The van der Waals surface area contributed by atoms with Gasteiger partial charge in [0.2, 0.25) is 0 Å². The first-order valence-corrected chi connectivity index (χ1v) is 46.1. The van der Waals surface area contributed by atoms with Gasteiger partial charge in [-0.2, -0.15) is 0 Å². The molecule has 0 saturated carbocycles. The molecule has 0 aliphatic heterocycles. The first-order chi connectivity index (χ1) is 53.2. The number of aliphatic hydroxyl groups excluding tert-OH is 2. The molecule has 0 amide bonds. The van der Waals surface area contributed by atoms with E-state index in [0.717, 1.165) is 161 Å². The first kappa shape index (κ1) is 104. The average molecular weight is 1570 g/mol. The van der Waals surface area contributed by atoms with Crippen molar-refractivity contribution in [3.63, 3.8) is 0 Å². The van der Waals surface area contributed by atoms with Gasteiger partial charge in [0.15, 0.2) is 6.10 Å². The van der Waals surface area contributed by atoms with Gasteiger partial charge in [-0.15, -0.1) is 0 Å². The number of esters is 3. The van der Waals surface area contributed by atoms with Crippen LogP contribution in [0.15, 0.2) is 146 Å². The number of allylic oxidation sites excluding steroid dienone is 24. The number of carbonyl (C=O) groups is 3. The summed E-state index contributed by atoms with van der Waals surface area (Å²) < 4.78 is 61.3. The zero-order valence-corrected chi connectivity index (χ0v) is 70.5. The van der Waals surface area contributed by atoms with E-state index in [9.17, 15) is 43.5 Å². The highest BCUT2D eigenvalue weighted by Crippen LogP contribution is 2.45. The molecule has 0 fully saturated rings. The molecule has 0 aromatic carbocycles. The van der Waals surface area contributed by atoms with Gasteiger partial charge in [-0.1, -0.05) is 359 Å². The second kappa shape index (κ2) is 82.9. The lowest BCUT2D eigenvalue weighted by Crippen LogP contribution is -2.30. The van der Waals surface area contributed by atoms with Crippen LogP contribution in [0.4, 0.5) is 0 Å². The van der Waals surface area contributed by atoms with Crippen LogP contribution in [-0.4, -0.2) is 95.9 Å². The Morgan fingerprint density at radius 1 is 0.266 bits per heavy atom. The molecule has 626 valence electrons. The molecule has 0 aromatic heterocycles. The summed E-state index contributed by atoms with van der Waals surface area (Å²) in [5.41, 5.74) is 0. The van der Waals surface area contributed by atoms with Crippen LogP contribution in [0.3, 0.4) is 0 Å². The Balaban J connectivity index is 4.47. The summed E-state index contributed by atoms with van der Waals surface area (Å²) in [5, 5.41) is 20.7. The second-order valence-electron chi connectivity index (χ2n) is 28.6. The molecule has 16 nitrogen and oxygen atoms in total. The number of aliphatic hydroxyl groups is 2. The van der Waals surface area contributed by atoms with Crippen molar-refractivity contribution in [1.29, 1.82) is 0 Å². The third-order valence-electron chi connectivity index (χ3n) is 18.1. The van der Waals surface area contributed by atoms with Crippen LogP contribution >= 0.6 is 15.6 Å². The lowest BCUT2D eigenvalue weighted by molar-refractivity contribution is -0.161. The smallest absolute Gasteiger partial charge is 0.463 e. The molecule has 0 saturated heterocycles. The molecule has 5 unspecified atom stereocenters. The minimum atomic E-state index is -4.93. The van der Waals surface area contributed by atoms with E-state index in [4.69, 9.17) is 32.3 Å². The molecule has 4 N–H and O–H groups in total. The number of phosphoric acid groups is 2. The van der Waals surface area contributed by atoms with Crippen molar-refractivity contribution < 1.29 is 75.8 Å². The number of carbonyl (C=O) groups excluding carboxylic acids is 3. The molecule has 0 aliphatic carbocycles. The molecule has 0 bridgehead atoms. The van der Waals surface area contributed by atoms with E-state index in [1.165, 1.54) is 135 Å². The predicted molar refractivity (Wildman–Crippen MR) is 454 cm³/mol. The van der Waals surface area contributed by atoms with E-state index in [0.29, 0.717) is 19.3 Å². The van der Waals surface area contributed by atoms with Gasteiger partial charge in [0.25, 0.3) is 0 Å². The fourth-order valence-corrected chi connectivity index (χ4v) is 13.2. The van der Waals surface area contributed by atoms with Gasteiger partial charge < -0.3 is 34.2 Å². The minimum Gasteiger partial charge on any atom is -0.463 e. The molecule has 0 aromatic rings. The topological polar surface area (TPSA) is 231 Å². The van der Waals surface area contributed by atoms with Crippen LogP contribution in [0, 0.1) is 0 Å². The zero-order chi connectivity index (χ0) is 79.4. The monoisotopic (exact) mass is 1570 g/mol. The molecule has 109 heavy (non-hydrogen) atoms. The maximum absolute atomic E-state index is 13.0. The Kier molecular flexibility index (Phi) is 79.4. The molecular weight excluding hydrogens is 1410 g/mol. The Labute approximate surface area is 664 Å². The third kappa shape index (κ3) is 84.2. The van der Waals surface area contributed by atoms with Crippen LogP contribution < -0.4 is 0 Å². The van der Waals surface area contributed by atoms with Gasteiger partial charge in [-0.25, -0.2) is 9.13 Å². The molecule has 0 spiro atoms. The Morgan fingerprint density at radius 2 is 0.486 bits per heavy atom. The van der Waals surface area contributed by atoms with Crippen molar-refractivity contribution in [3.05, 3.63) is 146 Å². The summed E-state index contributed by atoms with van der Waals surface area (Å²) in [4.78, 5) is 58.8. The van der Waals surface area contributed by atoms with Crippen molar-refractivity contribution in [1.82, 2.24) is 0 Å². The van der Waals surface area contributed by atoms with Crippen LogP contribution in [0.5, 0.6) is 0 Å².